The summed E-state index contributed by atoms with van der Waals surface area (Å²) in [4.78, 5) is 42.8. The van der Waals surface area contributed by atoms with E-state index in [1.54, 1.807) is 18.2 Å². The molecule has 0 aliphatic heterocycles. The summed E-state index contributed by atoms with van der Waals surface area (Å²) in [7, 11) is 0. The monoisotopic (exact) mass is 582 g/mol. The summed E-state index contributed by atoms with van der Waals surface area (Å²) < 4.78 is 5.50. The van der Waals surface area contributed by atoms with Gasteiger partial charge in [-0.05, 0) is 66.3 Å². The molecular weight excluding hydrogens is 548 g/mol. The van der Waals surface area contributed by atoms with Crippen molar-refractivity contribution >= 4 is 23.5 Å². The summed E-state index contributed by atoms with van der Waals surface area (Å²) in [6.45, 7) is 2.22. The Morgan fingerprint density at radius 2 is 1.23 bits per heavy atom. The van der Waals surface area contributed by atoms with Crippen molar-refractivity contribution in [2.24, 2.45) is 0 Å². The van der Waals surface area contributed by atoms with Gasteiger partial charge in [0.1, 0.15) is 0 Å². The lowest BCUT2D eigenvalue weighted by Crippen LogP contribution is -2.42. The number of benzene rings is 4. The molecule has 0 radical (unpaired) electrons. The first-order chi connectivity index (χ1) is 20.8. The fourth-order valence-electron chi connectivity index (χ4n) is 4.58. The molecule has 9 nitrogen and oxygen atoms in total. The van der Waals surface area contributed by atoms with Gasteiger partial charge in [-0.1, -0.05) is 72.8 Å². The van der Waals surface area contributed by atoms with E-state index in [1.807, 2.05) is 73.7 Å². The number of nitrogens with one attached hydrogen (secondary N) is 2. The zero-order valence-electron chi connectivity index (χ0n) is 23.8. The van der Waals surface area contributed by atoms with E-state index in [1.165, 1.54) is 12.1 Å². The maximum absolute atomic E-state index is 13.2. The van der Waals surface area contributed by atoms with Crippen LogP contribution in [0, 0.1) is 0 Å². The third kappa shape index (κ3) is 9.00. The van der Waals surface area contributed by atoms with Gasteiger partial charge in [-0.2, -0.15) is 0 Å². The fourth-order valence-corrected chi connectivity index (χ4v) is 4.58. The summed E-state index contributed by atoms with van der Waals surface area (Å²) >= 11 is 0. The molecule has 0 aromatic heterocycles. The Balaban J connectivity index is 1.42. The highest BCUT2D eigenvalue weighted by atomic mass is 16.6. The lowest BCUT2D eigenvalue weighted by molar-refractivity contribution is 0.0651. The number of hydrogen-bond acceptors (Lipinski definition) is 6. The van der Waals surface area contributed by atoms with Crippen LogP contribution in [0.15, 0.2) is 97.1 Å². The second-order valence-corrected chi connectivity index (χ2v) is 9.94. The topological polar surface area (TPSA) is 134 Å². The molecule has 1 amide bonds. The standard InChI is InChI=1S/C34H34N2O7/c1-2-42-21-27(22-43-36-31-16-14-26(20-30(31)34(40)41)18-24-11-7-4-8-12-24)35-32(37)28-15-13-25(19-29(28)33(38)39)17-23-9-5-3-6-10-23/h3-16,19-20,27,36H,2,17-18,21-22H2,1H3,(H,35,37)(H,38,39)(H,40,41). The van der Waals surface area contributed by atoms with Gasteiger partial charge in [0, 0.05) is 6.61 Å². The van der Waals surface area contributed by atoms with Crippen LogP contribution in [-0.4, -0.2) is 53.9 Å². The molecule has 0 saturated heterocycles. The molecule has 4 aromatic rings. The first-order valence-electron chi connectivity index (χ1n) is 13.9. The highest BCUT2D eigenvalue weighted by Crippen LogP contribution is 2.21. The summed E-state index contributed by atoms with van der Waals surface area (Å²) in [5, 5.41) is 22.4. The number of amides is 1. The Morgan fingerprint density at radius 1 is 0.674 bits per heavy atom. The molecule has 1 atom stereocenters. The minimum Gasteiger partial charge on any atom is -0.478 e. The van der Waals surface area contributed by atoms with Crippen molar-refractivity contribution in [2.45, 2.75) is 25.8 Å². The lowest BCUT2D eigenvalue weighted by Gasteiger charge is -2.20. The van der Waals surface area contributed by atoms with E-state index in [-0.39, 0.29) is 35.6 Å². The number of carboxylic acids is 2. The van der Waals surface area contributed by atoms with Crippen LogP contribution in [0.2, 0.25) is 0 Å². The molecule has 0 bridgehead atoms. The Labute approximate surface area is 250 Å². The minimum absolute atomic E-state index is 0.0148. The summed E-state index contributed by atoms with van der Waals surface area (Å²) in [5.41, 5.74) is 6.57. The number of carbonyl (C=O) groups is 3. The number of rotatable bonds is 15. The maximum Gasteiger partial charge on any atom is 0.337 e. The largest absolute Gasteiger partial charge is 0.478 e. The number of carboxylic acid groups (broad SMARTS) is 2. The molecule has 0 aliphatic carbocycles. The van der Waals surface area contributed by atoms with Crippen LogP contribution >= 0.6 is 0 Å². The van der Waals surface area contributed by atoms with E-state index in [9.17, 15) is 24.6 Å². The van der Waals surface area contributed by atoms with Crippen LogP contribution in [0.3, 0.4) is 0 Å². The Kier molecular flexibility index (Phi) is 11.0. The highest BCUT2D eigenvalue weighted by Gasteiger charge is 2.21. The average Bonchev–Trinajstić information content (AvgIpc) is 3.01. The Hall–Kier alpha value is -4.99. The number of aromatic carboxylic acids is 2. The van der Waals surface area contributed by atoms with Crippen LogP contribution in [-0.2, 0) is 22.4 Å². The summed E-state index contributed by atoms with van der Waals surface area (Å²) in [6, 6.07) is 28.5. The molecule has 9 heteroatoms. The van der Waals surface area contributed by atoms with E-state index < -0.39 is 23.9 Å². The first-order valence-corrected chi connectivity index (χ1v) is 13.9. The highest BCUT2D eigenvalue weighted by molar-refractivity contribution is 6.05. The van der Waals surface area contributed by atoms with Gasteiger partial charge in [-0.25, -0.2) is 9.59 Å². The maximum atomic E-state index is 13.2. The zero-order chi connectivity index (χ0) is 30.6. The number of ether oxygens (including phenoxy) is 1. The third-order valence-electron chi connectivity index (χ3n) is 6.70. The Bertz CT molecular complexity index is 1540. The normalized spacial score (nSPS) is 11.5. The molecule has 0 fully saturated rings. The number of anilines is 1. The van der Waals surface area contributed by atoms with Gasteiger partial charge in [0.05, 0.1) is 41.6 Å². The molecule has 4 aromatic carbocycles. The molecule has 0 spiro atoms. The molecule has 43 heavy (non-hydrogen) atoms. The van der Waals surface area contributed by atoms with Crippen LogP contribution in [0.5, 0.6) is 0 Å². The summed E-state index contributed by atoms with van der Waals surface area (Å²) in [5.74, 6) is -2.92. The van der Waals surface area contributed by atoms with Crippen molar-refractivity contribution in [3.8, 4) is 0 Å². The molecule has 4 N–H and O–H groups in total. The molecule has 0 heterocycles. The van der Waals surface area contributed by atoms with Crippen molar-refractivity contribution in [3.63, 3.8) is 0 Å². The molecule has 1 unspecified atom stereocenters. The van der Waals surface area contributed by atoms with Gasteiger partial charge < -0.3 is 20.3 Å². The van der Waals surface area contributed by atoms with Crippen LogP contribution < -0.4 is 10.8 Å². The molecular formula is C34H34N2O7. The smallest absolute Gasteiger partial charge is 0.337 e. The van der Waals surface area contributed by atoms with Crippen molar-refractivity contribution in [1.29, 1.82) is 0 Å². The van der Waals surface area contributed by atoms with Crippen molar-refractivity contribution < 1.29 is 34.2 Å². The quantitative estimate of drug-likeness (QED) is 0.136. The van der Waals surface area contributed by atoms with Gasteiger partial charge in [-0.3, -0.25) is 15.1 Å². The van der Waals surface area contributed by atoms with Gasteiger partial charge in [-0.15, -0.1) is 0 Å². The van der Waals surface area contributed by atoms with E-state index in [2.05, 4.69) is 10.8 Å². The van der Waals surface area contributed by atoms with Gasteiger partial charge in [0.2, 0.25) is 0 Å². The molecule has 222 valence electrons. The third-order valence-corrected chi connectivity index (χ3v) is 6.70. The van der Waals surface area contributed by atoms with Crippen LogP contribution in [0.25, 0.3) is 0 Å². The van der Waals surface area contributed by atoms with Gasteiger partial charge in [0.15, 0.2) is 0 Å². The number of carbonyl (C=O) groups excluding carboxylic acids is 1. The van der Waals surface area contributed by atoms with Crippen LogP contribution in [0.4, 0.5) is 5.69 Å². The SMILES string of the molecule is CCOCC(CONc1ccc(Cc2ccccc2)cc1C(=O)O)NC(=O)c1ccc(Cc2ccccc2)cc1C(=O)O. The van der Waals surface area contributed by atoms with Crippen molar-refractivity contribution in [2.75, 3.05) is 25.3 Å². The second-order valence-electron chi connectivity index (χ2n) is 9.94. The molecule has 4 rings (SSSR count). The number of hydrogen-bond donors (Lipinski definition) is 4. The van der Waals surface area contributed by atoms with Crippen molar-refractivity contribution in [3.05, 3.63) is 136 Å². The van der Waals surface area contributed by atoms with E-state index in [0.717, 1.165) is 22.3 Å². The Morgan fingerprint density at radius 3 is 1.79 bits per heavy atom. The predicted octanol–water partition coefficient (Wildman–Crippen LogP) is 5.44. The van der Waals surface area contributed by atoms with E-state index >= 15 is 0 Å². The predicted molar refractivity (Wildman–Crippen MR) is 163 cm³/mol. The van der Waals surface area contributed by atoms with Gasteiger partial charge in [0.25, 0.3) is 5.91 Å². The van der Waals surface area contributed by atoms with Crippen molar-refractivity contribution in [1.82, 2.24) is 5.32 Å². The minimum atomic E-state index is -1.21. The summed E-state index contributed by atoms with van der Waals surface area (Å²) in [6.07, 6.45) is 1.11. The van der Waals surface area contributed by atoms with E-state index in [0.29, 0.717) is 19.4 Å². The van der Waals surface area contributed by atoms with Gasteiger partial charge >= 0.3 is 11.9 Å². The van der Waals surface area contributed by atoms with Crippen LogP contribution in [0.1, 0.15) is 60.3 Å². The average molecular weight is 583 g/mol. The molecule has 0 aliphatic rings. The van der Waals surface area contributed by atoms with E-state index in [4.69, 9.17) is 9.57 Å². The first kappa shape index (κ1) is 31.0. The fraction of sp³-hybridized carbons (Fsp3) is 0.206. The zero-order valence-corrected chi connectivity index (χ0v) is 23.8. The molecule has 0 saturated carbocycles. The second kappa shape index (κ2) is 15.3. The lowest BCUT2D eigenvalue weighted by atomic mass is 9.98.